The van der Waals surface area contributed by atoms with Gasteiger partial charge in [0.05, 0.1) is 20.2 Å². The van der Waals surface area contributed by atoms with Gasteiger partial charge >= 0.3 is 0 Å². The fourth-order valence-corrected chi connectivity index (χ4v) is 3.97. The summed E-state index contributed by atoms with van der Waals surface area (Å²) < 4.78 is 7.55. The largest absolute Gasteiger partial charge is 0.496 e. The van der Waals surface area contributed by atoms with Crippen LogP contribution in [0.15, 0.2) is 72.0 Å². The number of nitrogens with zero attached hydrogens (tertiary/aromatic N) is 3. The van der Waals surface area contributed by atoms with Gasteiger partial charge in [-0.05, 0) is 43.0 Å². The number of nitrogens with one attached hydrogen (secondary N) is 2. The van der Waals surface area contributed by atoms with E-state index in [-0.39, 0.29) is 29.4 Å². The van der Waals surface area contributed by atoms with Crippen molar-refractivity contribution in [2.45, 2.75) is 38.3 Å². The lowest BCUT2D eigenvalue weighted by molar-refractivity contribution is 0.403. The Morgan fingerprint density at radius 2 is 1.81 bits per heavy atom. The predicted molar refractivity (Wildman–Crippen MR) is 140 cm³/mol. The number of benzene rings is 2. The molecule has 1 aliphatic rings. The van der Waals surface area contributed by atoms with Crippen LogP contribution in [0.3, 0.4) is 0 Å². The molecule has 4 rings (SSSR count). The first-order valence-corrected chi connectivity index (χ1v) is 10.9. The first kappa shape index (κ1) is 24.1. The van der Waals surface area contributed by atoms with E-state index in [9.17, 15) is 0 Å². The van der Waals surface area contributed by atoms with E-state index in [1.807, 2.05) is 35.3 Å². The topological polar surface area (TPSA) is 63.5 Å². The average molecular weight is 545 g/mol. The van der Waals surface area contributed by atoms with Gasteiger partial charge in [0, 0.05) is 36.5 Å². The molecule has 2 aromatic carbocycles. The van der Waals surface area contributed by atoms with Crippen molar-refractivity contribution >= 4 is 29.9 Å². The highest BCUT2D eigenvalue weighted by Crippen LogP contribution is 2.50. The summed E-state index contributed by atoms with van der Waals surface area (Å²) in [5.41, 5.74) is 3.85. The summed E-state index contributed by atoms with van der Waals surface area (Å²) in [4.78, 5) is 4.87. The molecule has 2 N–H and O–H groups in total. The van der Waals surface area contributed by atoms with Crippen LogP contribution >= 0.6 is 24.0 Å². The summed E-state index contributed by atoms with van der Waals surface area (Å²) in [6.07, 6.45) is 6.11. The Morgan fingerprint density at radius 1 is 1.06 bits per heavy atom. The molecule has 1 aliphatic carbocycles. The van der Waals surface area contributed by atoms with Gasteiger partial charge < -0.3 is 15.4 Å². The molecule has 32 heavy (non-hydrogen) atoms. The van der Waals surface area contributed by atoms with E-state index in [1.165, 1.54) is 16.7 Å². The van der Waals surface area contributed by atoms with E-state index < -0.39 is 0 Å². The minimum atomic E-state index is 0. The third kappa shape index (κ3) is 5.82. The fourth-order valence-electron chi connectivity index (χ4n) is 3.97. The Kier molecular flexibility index (Phi) is 8.55. The third-order valence-electron chi connectivity index (χ3n) is 5.89. The maximum Gasteiger partial charge on any atom is 0.191 e. The number of aromatic nitrogens is 2. The van der Waals surface area contributed by atoms with Gasteiger partial charge in [-0.3, -0.25) is 4.68 Å². The lowest BCUT2D eigenvalue weighted by Gasteiger charge is -2.21. The van der Waals surface area contributed by atoms with E-state index in [0.717, 1.165) is 44.2 Å². The van der Waals surface area contributed by atoms with Gasteiger partial charge in [0.2, 0.25) is 0 Å². The molecule has 0 atom stereocenters. The maximum absolute atomic E-state index is 5.61. The van der Waals surface area contributed by atoms with Crippen LogP contribution in [0.4, 0.5) is 0 Å². The monoisotopic (exact) mass is 545 g/mol. The smallest absolute Gasteiger partial charge is 0.191 e. The number of rotatable bonds is 9. The van der Waals surface area contributed by atoms with Gasteiger partial charge in [0.15, 0.2) is 5.96 Å². The summed E-state index contributed by atoms with van der Waals surface area (Å²) in [5, 5.41) is 11.3. The fraction of sp³-hybridized carbons (Fsp3) is 0.360. The second kappa shape index (κ2) is 11.4. The van der Waals surface area contributed by atoms with Crippen LogP contribution in [0.25, 0.3) is 0 Å². The van der Waals surface area contributed by atoms with Crippen LogP contribution in [-0.4, -0.2) is 35.9 Å². The van der Waals surface area contributed by atoms with Crippen molar-refractivity contribution in [3.63, 3.8) is 0 Å². The first-order chi connectivity index (χ1) is 15.2. The molecule has 0 amide bonds. The Morgan fingerprint density at radius 3 is 2.50 bits per heavy atom. The lowest BCUT2D eigenvalue weighted by Crippen LogP contribution is -2.41. The molecule has 0 aliphatic heterocycles. The molecule has 6 nitrogen and oxygen atoms in total. The van der Waals surface area contributed by atoms with Crippen molar-refractivity contribution in [1.82, 2.24) is 20.4 Å². The van der Waals surface area contributed by atoms with E-state index in [0.29, 0.717) is 6.54 Å². The zero-order chi connectivity index (χ0) is 21.5. The quantitative estimate of drug-likeness (QED) is 0.239. The van der Waals surface area contributed by atoms with Gasteiger partial charge in [0.25, 0.3) is 0 Å². The highest BCUT2D eigenvalue weighted by atomic mass is 127. The third-order valence-corrected chi connectivity index (χ3v) is 5.89. The van der Waals surface area contributed by atoms with Crippen molar-refractivity contribution in [3.05, 3.63) is 83.7 Å². The van der Waals surface area contributed by atoms with E-state index >= 15 is 0 Å². The number of para-hydroxylation sites is 1. The molecule has 0 spiro atoms. The molecule has 3 aromatic rings. The van der Waals surface area contributed by atoms with Crippen LogP contribution in [0, 0.1) is 0 Å². The maximum atomic E-state index is 5.61. The average Bonchev–Trinajstić information content (AvgIpc) is 3.43. The zero-order valence-electron chi connectivity index (χ0n) is 18.8. The molecule has 1 aromatic heterocycles. The number of methoxy groups -OCH3 is 1. The van der Waals surface area contributed by atoms with Crippen molar-refractivity contribution in [3.8, 4) is 5.75 Å². The Hall–Kier alpha value is -2.55. The number of hydrogen-bond acceptors (Lipinski definition) is 3. The number of halogens is 1. The number of ether oxygens (including phenoxy) is 1. The van der Waals surface area contributed by atoms with Crippen LogP contribution in [0.5, 0.6) is 5.75 Å². The molecule has 0 unspecified atom stereocenters. The summed E-state index contributed by atoms with van der Waals surface area (Å²) >= 11 is 0. The van der Waals surface area contributed by atoms with Crippen molar-refractivity contribution in [2.24, 2.45) is 4.99 Å². The van der Waals surface area contributed by atoms with Crippen molar-refractivity contribution < 1.29 is 4.74 Å². The summed E-state index contributed by atoms with van der Waals surface area (Å²) in [6.45, 7) is 5.13. The standard InChI is InChI=1S/C25H31N5O.HI/c1-3-26-24(28-19-25(13-14-25)22-11-6-7-12-23(22)31-2)27-17-20-9-4-5-10-21(20)18-30-16-8-15-29-30;/h4-12,15-16H,3,13-14,17-19H2,1-2H3,(H2,26,27,28);1H. The zero-order valence-corrected chi connectivity index (χ0v) is 21.1. The summed E-state index contributed by atoms with van der Waals surface area (Å²) in [5.74, 6) is 1.81. The van der Waals surface area contributed by atoms with Crippen LogP contribution < -0.4 is 15.4 Å². The minimum absolute atomic E-state index is 0. The lowest BCUT2D eigenvalue weighted by atomic mass is 9.95. The van der Waals surface area contributed by atoms with Crippen LogP contribution in [0.1, 0.15) is 36.5 Å². The molecule has 1 fully saturated rings. The van der Waals surface area contributed by atoms with E-state index in [1.54, 1.807) is 7.11 Å². The molecular weight excluding hydrogens is 513 g/mol. The Bertz CT molecular complexity index is 1010. The van der Waals surface area contributed by atoms with Crippen LogP contribution in [0.2, 0.25) is 0 Å². The minimum Gasteiger partial charge on any atom is -0.496 e. The SMILES string of the molecule is CCNC(=NCc1ccccc1Cn1cccn1)NCC1(c2ccccc2OC)CC1.I. The number of guanidine groups is 1. The molecule has 0 saturated heterocycles. The molecule has 1 saturated carbocycles. The molecule has 7 heteroatoms. The van der Waals surface area contributed by atoms with E-state index in [4.69, 9.17) is 9.73 Å². The molecule has 1 heterocycles. The van der Waals surface area contributed by atoms with Crippen molar-refractivity contribution in [2.75, 3.05) is 20.2 Å². The molecule has 170 valence electrons. The second-order valence-corrected chi connectivity index (χ2v) is 8.00. The number of hydrogen-bond donors (Lipinski definition) is 2. The van der Waals surface area contributed by atoms with Gasteiger partial charge in [-0.2, -0.15) is 5.10 Å². The summed E-state index contributed by atoms with van der Waals surface area (Å²) in [7, 11) is 1.74. The Labute approximate surface area is 207 Å². The van der Waals surface area contributed by atoms with Gasteiger partial charge in [-0.1, -0.05) is 42.5 Å². The molecular formula is C25H32IN5O. The van der Waals surface area contributed by atoms with Gasteiger partial charge in [0.1, 0.15) is 5.75 Å². The molecule has 0 radical (unpaired) electrons. The highest BCUT2D eigenvalue weighted by Gasteiger charge is 2.46. The Balaban J connectivity index is 0.00000289. The summed E-state index contributed by atoms with van der Waals surface area (Å²) in [6, 6.07) is 18.7. The van der Waals surface area contributed by atoms with Gasteiger partial charge in [-0.15, -0.1) is 24.0 Å². The number of aliphatic imine (C=N–C) groups is 1. The highest BCUT2D eigenvalue weighted by molar-refractivity contribution is 14.0. The van der Waals surface area contributed by atoms with Crippen LogP contribution in [-0.2, 0) is 18.5 Å². The van der Waals surface area contributed by atoms with E-state index in [2.05, 4.69) is 59.1 Å². The predicted octanol–water partition coefficient (Wildman–Crippen LogP) is 4.34. The normalized spacial score (nSPS) is 14.4. The van der Waals surface area contributed by atoms with Crippen molar-refractivity contribution in [1.29, 1.82) is 0 Å². The first-order valence-electron chi connectivity index (χ1n) is 10.9. The second-order valence-electron chi connectivity index (χ2n) is 8.00. The van der Waals surface area contributed by atoms with Gasteiger partial charge in [-0.25, -0.2) is 4.99 Å². The molecule has 0 bridgehead atoms.